The Morgan fingerprint density at radius 3 is 2.37 bits per heavy atom. The molecule has 1 fully saturated rings. The third kappa shape index (κ3) is 3.41. The summed E-state index contributed by atoms with van der Waals surface area (Å²) in [7, 11) is 2.15. The highest BCUT2D eigenvalue weighted by molar-refractivity contribution is 5.49. The van der Waals surface area contributed by atoms with Crippen molar-refractivity contribution in [3.05, 3.63) is 24.3 Å². The molecule has 1 aromatic rings. The maximum absolute atomic E-state index is 8.94. The standard InChI is InChI=1S/C16H22N2O/c1-3-19-16-10-8-15(9-11-16)18(2)14-6-4-13(12-17)5-7-14/h8-11,13-14H,3-7H2,1-2H3. The smallest absolute Gasteiger partial charge is 0.119 e. The van der Waals surface area contributed by atoms with Crippen LogP contribution in [0.25, 0.3) is 0 Å². The van der Waals surface area contributed by atoms with E-state index in [2.05, 4.69) is 30.1 Å². The molecule has 3 heteroatoms. The largest absolute Gasteiger partial charge is 0.494 e. The molecule has 0 heterocycles. The molecule has 0 atom stereocenters. The molecule has 1 aliphatic carbocycles. The zero-order chi connectivity index (χ0) is 13.7. The molecule has 0 amide bonds. The second kappa shape index (κ2) is 6.47. The van der Waals surface area contributed by atoms with Crippen LogP contribution in [0.2, 0.25) is 0 Å². The van der Waals surface area contributed by atoms with Gasteiger partial charge in [0.2, 0.25) is 0 Å². The van der Waals surface area contributed by atoms with E-state index in [1.807, 2.05) is 19.1 Å². The van der Waals surface area contributed by atoms with Gasteiger partial charge >= 0.3 is 0 Å². The first-order chi connectivity index (χ1) is 9.24. The first-order valence-electron chi connectivity index (χ1n) is 7.10. The molecule has 0 spiro atoms. The van der Waals surface area contributed by atoms with Crippen LogP contribution in [0.5, 0.6) is 5.75 Å². The summed E-state index contributed by atoms with van der Waals surface area (Å²) in [4.78, 5) is 2.34. The van der Waals surface area contributed by atoms with Crippen molar-refractivity contribution < 1.29 is 4.74 Å². The van der Waals surface area contributed by atoms with Gasteiger partial charge in [-0.1, -0.05) is 0 Å². The molecular formula is C16H22N2O. The summed E-state index contributed by atoms with van der Waals surface area (Å²) < 4.78 is 5.46. The van der Waals surface area contributed by atoms with Gasteiger partial charge in [0, 0.05) is 24.7 Å². The minimum atomic E-state index is 0.269. The number of ether oxygens (including phenoxy) is 1. The van der Waals surface area contributed by atoms with E-state index in [4.69, 9.17) is 10.00 Å². The van der Waals surface area contributed by atoms with Crippen LogP contribution in [0.15, 0.2) is 24.3 Å². The van der Waals surface area contributed by atoms with Gasteiger partial charge < -0.3 is 9.64 Å². The number of benzene rings is 1. The Bertz CT molecular complexity index is 427. The lowest BCUT2D eigenvalue weighted by molar-refractivity contribution is 0.340. The summed E-state index contributed by atoms with van der Waals surface area (Å²) in [5, 5.41) is 8.94. The summed E-state index contributed by atoms with van der Waals surface area (Å²) in [6.07, 6.45) is 4.29. The van der Waals surface area contributed by atoms with Crippen LogP contribution < -0.4 is 9.64 Å². The second-order valence-corrected chi connectivity index (χ2v) is 5.17. The predicted octanol–water partition coefficient (Wildman–Crippen LogP) is 3.60. The Balaban J connectivity index is 1.96. The second-order valence-electron chi connectivity index (χ2n) is 5.17. The Morgan fingerprint density at radius 2 is 1.84 bits per heavy atom. The summed E-state index contributed by atoms with van der Waals surface area (Å²) in [5.41, 5.74) is 1.23. The Labute approximate surface area is 115 Å². The van der Waals surface area contributed by atoms with Gasteiger partial charge in [-0.2, -0.15) is 5.26 Å². The van der Waals surface area contributed by atoms with Crippen LogP contribution in [0.3, 0.4) is 0 Å². The van der Waals surface area contributed by atoms with Crippen molar-refractivity contribution in [2.24, 2.45) is 5.92 Å². The van der Waals surface area contributed by atoms with Crippen molar-refractivity contribution in [2.45, 2.75) is 38.6 Å². The van der Waals surface area contributed by atoms with Gasteiger partial charge in [-0.15, -0.1) is 0 Å². The fraction of sp³-hybridized carbons (Fsp3) is 0.562. The summed E-state index contributed by atoms with van der Waals surface area (Å²) >= 11 is 0. The molecule has 0 aromatic heterocycles. The molecule has 0 saturated heterocycles. The highest BCUT2D eigenvalue weighted by Crippen LogP contribution is 2.30. The van der Waals surface area contributed by atoms with Crippen LogP contribution in [0, 0.1) is 17.2 Å². The fourth-order valence-corrected chi connectivity index (χ4v) is 2.75. The van der Waals surface area contributed by atoms with Gasteiger partial charge in [-0.05, 0) is 56.9 Å². The summed E-state index contributed by atoms with van der Waals surface area (Å²) in [5.74, 6) is 1.19. The monoisotopic (exact) mass is 258 g/mol. The third-order valence-electron chi connectivity index (χ3n) is 3.98. The highest BCUT2D eigenvalue weighted by Gasteiger charge is 2.23. The number of hydrogen-bond donors (Lipinski definition) is 0. The Hall–Kier alpha value is -1.69. The SMILES string of the molecule is CCOc1ccc(N(C)C2CCC(C#N)CC2)cc1. The zero-order valence-corrected chi connectivity index (χ0v) is 11.8. The lowest BCUT2D eigenvalue weighted by Gasteiger charge is -2.34. The van der Waals surface area contributed by atoms with E-state index >= 15 is 0 Å². The predicted molar refractivity (Wildman–Crippen MR) is 77.4 cm³/mol. The van der Waals surface area contributed by atoms with Gasteiger partial charge in [-0.3, -0.25) is 0 Å². The molecule has 1 aromatic carbocycles. The molecule has 19 heavy (non-hydrogen) atoms. The number of nitrogens with zero attached hydrogens (tertiary/aromatic N) is 2. The molecular weight excluding hydrogens is 236 g/mol. The number of nitriles is 1. The number of hydrogen-bond acceptors (Lipinski definition) is 3. The van der Waals surface area contributed by atoms with Crippen molar-refractivity contribution in [1.82, 2.24) is 0 Å². The van der Waals surface area contributed by atoms with E-state index in [0.29, 0.717) is 12.6 Å². The molecule has 3 nitrogen and oxygen atoms in total. The maximum atomic E-state index is 8.94. The number of rotatable bonds is 4. The molecule has 0 radical (unpaired) electrons. The minimum Gasteiger partial charge on any atom is -0.494 e. The molecule has 0 unspecified atom stereocenters. The Kier molecular flexibility index (Phi) is 4.68. The minimum absolute atomic E-state index is 0.269. The van der Waals surface area contributed by atoms with Crippen molar-refractivity contribution >= 4 is 5.69 Å². The first kappa shape index (κ1) is 13.7. The van der Waals surface area contributed by atoms with Crippen LogP contribution in [0.1, 0.15) is 32.6 Å². The Morgan fingerprint density at radius 1 is 1.21 bits per heavy atom. The lowest BCUT2D eigenvalue weighted by Crippen LogP contribution is -2.34. The summed E-state index contributed by atoms with van der Waals surface area (Å²) in [6, 6.07) is 11.2. The normalized spacial score (nSPS) is 22.6. The molecule has 1 saturated carbocycles. The van der Waals surface area contributed by atoms with Crippen molar-refractivity contribution in [2.75, 3.05) is 18.6 Å². The van der Waals surface area contributed by atoms with Gasteiger partial charge in [0.1, 0.15) is 5.75 Å². The lowest BCUT2D eigenvalue weighted by atomic mass is 9.86. The van der Waals surface area contributed by atoms with E-state index in [-0.39, 0.29) is 5.92 Å². The average molecular weight is 258 g/mol. The van der Waals surface area contributed by atoms with Gasteiger partial charge in [0.05, 0.1) is 12.7 Å². The molecule has 102 valence electrons. The van der Waals surface area contributed by atoms with E-state index in [1.165, 1.54) is 5.69 Å². The van der Waals surface area contributed by atoms with E-state index in [1.54, 1.807) is 0 Å². The molecule has 0 aliphatic heterocycles. The quantitative estimate of drug-likeness (QED) is 0.827. The molecule has 1 aliphatic rings. The highest BCUT2D eigenvalue weighted by atomic mass is 16.5. The van der Waals surface area contributed by atoms with Crippen LogP contribution in [0.4, 0.5) is 5.69 Å². The summed E-state index contributed by atoms with van der Waals surface area (Å²) in [6.45, 7) is 2.70. The van der Waals surface area contributed by atoms with E-state index in [9.17, 15) is 0 Å². The maximum Gasteiger partial charge on any atom is 0.119 e. The van der Waals surface area contributed by atoms with Gasteiger partial charge in [-0.25, -0.2) is 0 Å². The molecule has 0 N–H and O–H groups in total. The van der Waals surface area contributed by atoms with Crippen molar-refractivity contribution in [1.29, 1.82) is 5.26 Å². The third-order valence-corrected chi connectivity index (χ3v) is 3.98. The number of anilines is 1. The van der Waals surface area contributed by atoms with Crippen molar-refractivity contribution in [3.8, 4) is 11.8 Å². The molecule has 0 bridgehead atoms. The van der Waals surface area contributed by atoms with Crippen LogP contribution in [-0.4, -0.2) is 19.7 Å². The van der Waals surface area contributed by atoms with E-state index < -0.39 is 0 Å². The van der Waals surface area contributed by atoms with Gasteiger partial charge in [0.25, 0.3) is 0 Å². The topological polar surface area (TPSA) is 36.3 Å². The van der Waals surface area contributed by atoms with Gasteiger partial charge in [0.15, 0.2) is 0 Å². The average Bonchev–Trinajstić information content (AvgIpc) is 2.48. The molecule has 2 rings (SSSR count). The zero-order valence-electron chi connectivity index (χ0n) is 11.8. The van der Waals surface area contributed by atoms with Crippen molar-refractivity contribution in [3.63, 3.8) is 0 Å². The van der Waals surface area contributed by atoms with Crippen LogP contribution in [-0.2, 0) is 0 Å². The van der Waals surface area contributed by atoms with E-state index in [0.717, 1.165) is 31.4 Å². The van der Waals surface area contributed by atoms with Crippen LogP contribution >= 0.6 is 0 Å². The first-order valence-corrected chi connectivity index (χ1v) is 7.10. The fourth-order valence-electron chi connectivity index (χ4n) is 2.75.